The number of benzene rings is 2. The van der Waals surface area contributed by atoms with Crippen LogP contribution < -0.4 is 15.0 Å². The number of rotatable bonds is 9. The molecular weight excluding hydrogens is 402 g/mol. The van der Waals surface area contributed by atoms with E-state index in [2.05, 4.69) is 10.2 Å². The van der Waals surface area contributed by atoms with E-state index in [1.54, 1.807) is 7.11 Å². The summed E-state index contributed by atoms with van der Waals surface area (Å²) in [6.07, 6.45) is 2.67. The molecule has 2 aromatic carbocycles. The summed E-state index contributed by atoms with van der Waals surface area (Å²) in [7, 11) is 1.65. The van der Waals surface area contributed by atoms with Gasteiger partial charge in [0, 0.05) is 44.0 Å². The van der Waals surface area contributed by atoms with Crippen molar-refractivity contribution < 1.29 is 14.3 Å². The number of nitrogens with one attached hydrogen (secondary N) is 1. The second-order valence-corrected chi connectivity index (χ2v) is 8.20. The highest BCUT2D eigenvalue weighted by atomic mass is 16.5. The van der Waals surface area contributed by atoms with Gasteiger partial charge in [-0.05, 0) is 69.0 Å². The van der Waals surface area contributed by atoms with Gasteiger partial charge in [-0.15, -0.1) is 0 Å². The molecule has 0 bridgehead atoms. The lowest BCUT2D eigenvalue weighted by atomic mass is 9.95. The van der Waals surface area contributed by atoms with Crippen molar-refractivity contribution in [1.29, 1.82) is 0 Å². The fourth-order valence-corrected chi connectivity index (χ4v) is 4.27. The van der Waals surface area contributed by atoms with E-state index in [9.17, 15) is 9.59 Å². The van der Waals surface area contributed by atoms with E-state index in [1.807, 2.05) is 67.3 Å². The van der Waals surface area contributed by atoms with Crippen molar-refractivity contribution in [2.45, 2.75) is 33.1 Å². The summed E-state index contributed by atoms with van der Waals surface area (Å²) in [6, 6.07) is 15.6. The van der Waals surface area contributed by atoms with E-state index >= 15 is 0 Å². The smallest absolute Gasteiger partial charge is 0.251 e. The number of nitrogens with zero attached hydrogens (tertiary/aromatic N) is 2. The van der Waals surface area contributed by atoms with Crippen molar-refractivity contribution in [2.24, 2.45) is 5.92 Å². The maximum Gasteiger partial charge on any atom is 0.251 e. The number of amides is 2. The molecule has 1 aliphatic heterocycles. The zero-order chi connectivity index (χ0) is 22.9. The predicted molar refractivity (Wildman–Crippen MR) is 128 cm³/mol. The van der Waals surface area contributed by atoms with E-state index in [4.69, 9.17) is 4.74 Å². The lowest BCUT2D eigenvalue weighted by Crippen LogP contribution is -2.45. The molecule has 1 atom stereocenters. The Balaban J connectivity index is 1.57. The Hall–Kier alpha value is -3.02. The molecule has 0 saturated carbocycles. The first-order chi connectivity index (χ1) is 15.5. The maximum absolute atomic E-state index is 12.8. The fourth-order valence-electron chi connectivity index (χ4n) is 4.27. The Kier molecular flexibility index (Phi) is 8.54. The van der Waals surface area contributed by atoms with Crippen molar-refractivity contribution >= 4 is 17.5 Å². The summed E-state index contributed by atoms with van der Waals surface area (Å²) in [5, 5.41) is 3.01. The van der Waals surface area contributed by atoms with Gasteiger partial charge >= 0.3 is 0 Å². The Morgan fingerprint density at radius 3 is 2.56 bits per heavy atom. The Morgan fingerprint density at radius 1 is 1.12 bits per heavy atom. The molecule has 6 nitrogen and oxygen atoms in total. The normalized spacial score (nSPS) is 15.8. The van der Waals surface area contributed by atoms with Crippen LogP contribution in [0.3, 0.4) is 0 Å². The first-order valence-corrected chi connectivity index (χ1v) is 11.6. The largest absolute Gasteiger partial charge is 0.497 e. The van der Waals surface area contributed by atoms with Crippen LogP contribution in [0.4, 0.5) is 5.69 Å². The number of carbonyl (C=O) groups excluding carboxylic acids is 2. The zero-order valence-corrected chi connectivity index (χ0v) is 19.5. The molecule has 3 rings (SSSR count). The molecule has 1 fully saturated rings. The van der Waals surface area contributed by atoms with Gasteiger partial charge in [0.1, 0.15) is 5.75 Å². The molecule has 32 heavy (non-hydrogen) atoms. The van der Waals surface area contributed by atoms with Gasteiger partial charge in [-0.1, -0.05) is 18.2 Å². The van der Waals surface area contributed by atoms with Crippen molar-refractivity contribution in [2.75, 3.05) is 44.7 Å². The van der Waals surface area contributed by atoms with Gasteiger partial charge in [-0.2, -0.15) is 0 Å². The average Bonchev–Trinajstić information content (AvgIpc) is 2.85. The summed E-state index contributed by atoms with van der Waals surface area (Å²) in [6.45, 7) is 7.73. The minimum atomic E-state index is -0.0758. The molecule has 0 aliphatic carbocycles. The first-order valence-electron chi connectivity index (χ1n) is 11.6. The molecule has 2 amide bonds. The summed E-state index contributed by atoms with van der Waals surface area (Å²) >= 11 is 0. The topological polar surface area (TPSA) is 61.9 Å². The van der Waals surface area contributed by atoms with E-state index in [-0.39, 0.29) is 17.7 Å². The molecule has 0 aromatic heterocycles. The van der Waals surface area contributed by atoms with Crippen LogP contribution in [-0.2, 0) is 11.2 Å². The number of carbonyl (C=O) groups is 2. The van der Waals surface area contributed by atoms with Crippen LogP contribution in [0, 0.1) is 5.92 Å². The molecule has 1 aliphatic rings. The van der Waals surface area contributed by atoms with Crippen LogP contribution in [0.15, 0.2) is 48.5 Å². The molecule has 0 spiro atoms. The monoisotopic (exact) mass is 437 g/mol. The molecule has 1 saturated heterocycles. The van der Waals surface area contributed by atoms with Crippen LogP contribution in [0.1, 0.15) is 42.6 Å². The second-order valence-electron chi connectivity index (χ2n) is 8.20. The first kappa shape index (κ1) is 23.6. The van der Waals surface area contributed by atoms with Gasteiger partial charge in [-0.25, -0.2) is 0 Å². The molecule has 0 radical (unpaired) electrons. The second kappa shape index (κ2) is 11.6. The third-order valence-electron chi connectivity index (χ3n) is 6.18. The van der Waals surface area contributed by atoms with Gasteiger partial charge in [-0.3, -0.25) is 9.59 Å². The number of piperidine rings is 1. The standard InChI is InChI=1S/C26H35N3O3/c1-4-28(5-2)26(31)22-9-7-17-29(19-22)23-10-6-8-21(18-23)25(30)27-16-15-20-11-13-24(32-3)14-12-20/h6,8,10-14,18,22H,4-5,7,9,15-17,19H2,1-3H3,(H,27,30). The van der Waals surface area contributed by atoms with Crippen LogP contribution >= 0.6 is 0 Å². The number of hydrogen-bond acceptors (Lipinski definition) is 4. The molecule has 1 N–H and O–H groups in total. The van der Waals surface area contributed by atoms with Crippen LogP contribution in [-0.4, -0.2) is 56.5 Å². The number of hydrogen-bond donors (Lipinski definition) is 1. The third kappa shape index (κ3) is 6.02. The van der Waals surface area contributed by atoms with Crippen molar-refractivity contribution in [3.8, 4) is 5.75 Å². The van der Waals surface area contributed by atoms with E-state index in [0.29, 0.717) is 18.7 Å². The summed E-state index contributed by atoms with van der Waals surface area (Å²) in [5.74, 6) is 1.01. The number of anilines is 1. The molecule has 172 valence electrons. The van der Waals surface area contributed by atoms with Gasteiger partial charge in [0.25, 0.3) is 5.91 Å². The Morgan fingerprint density at radius 2 is 1.88 bits per heavy atom. The van der Waals surface area contributed by atoms with Gasteiger partial charge in [0.05, 0.1) is 13.0 Å². The van der Waals surface area contributed by atoms with E-state index < -0.39 is 0 Å². The minimum absolute atomic E-state index is 0.0191. The van der Waals surface area contributed by atoms with Crippen molar-refractivity contribution in [1.82, 2.24) is 10.2 Å². The van der Waals surface area contributed by atoms with Crippen molar-refractivity contribution in [3.63, 3.8) is 0 Å². The molecule has 1 unspecified atom stereocenters. The van der Waals surface area contributed by atoms with Crippen LogP contribution in [0.5, 0.6) is 5.75 Å². The summed E-state index contributed by atoms with van der Waals surface area (Å²) < 4.78 is 5.18. The fraction of sp³-hybridized carbons (Fsp3) is 0.462. The Bertz CT molecular complexity index is 893. The van der Waals surface area contributed by atoms with E-state index in [0.717, 1.165) is 55.9 Å². The van der Waals surface area contributed by atoms with Crippen molar-refractivity contribution in [3.05, 3.63) is 59.7 Å². The summed E-state index contributed by atoms with van der Waals surface area (Å²) in [5.41, 5.74) is 2.80. The number of methoxy groups -OCH3 is 1. The average molecular weight is 438 g/mol. The minimum Gasteiger partial charge on any atom is -0.497 e. The van der Waals surface area contributed by atoms with Gasteiger partial charge in [0.15, 0.2) is 0 Å². The highest BCUT2D eigenvalue weighted by Crippen LogP contribution is 2.25. The molecular formula is C26H35N3O3. The highest BCUT2D eigenvalue weighted by Gasteiger charge is 2.28. The van der Waals surface area contributed by atoms with Gasteiger partial charge < -0.3 is 19.9 Å². The lowest BCUT2D eigenvalue weighted by Gasteiger charge is -2.36. The Labute approximate surface area is 191 Å². The number of ether oxygens (including phenoxy) is 1. The maximum atomic E-state index is 12.8. The lowest BCUT2D eigenvalue weighted by molar-refractivity contribution is -0.135. The SMILES string of the molecule is CCN(CC)C(=O)C1CCCN(c2cccc(C(=O)NCCc3ccc(OC)cc3)c2)C1. The molecule has 6 heteroatoms. The van der Waals surface area contributed by atoms with Crippen LogP contribution in [0.2, 0.25) is 0 Å². The zero-order valence-electron chi connectivity index (χ0n) is 19.5. The third-order valence-corrected chi connectivity index (χ3v) is 6.18. The molecule has 2 aromatic rings. The highest BCUT2D eigenvalue weighted by molar-refractivity contribution is 5.95. The van der Waals surface area contributed by atoms with Gasteiger partial charge in [0.2, 0.25) is 5.91 Å². The van der Waals surface area contributed by atoms with Crippen LogP contribution in [0.25, 0.3) is 0 Å². The summed E-state index contributed by atoms with van der Waals surface area (Å²) in [4.78, 5) is 29.7. The quantitative estimate of drug-likeness (QED) is 0.649. The predicted octanol–water partition coefficient (Wildman–Crippen LogP) is 3.75. The van der Waals surface area contributed by atoms with E-state index in [1.165, 1.54) is 0 Å². The molecule has 1 heterocycles.